The highest BCUT2D eigenvalue weighted by Gasteiger charge is 2.28. The summed E-state index contributed by atoms with van der Waals surface area (Å²) in [4.78, 5) is 46.0. The number of esters is 2. The van der Waals surface area contributed by atoms with Gasteiger partial charge in [-0.2, -0.15) is 0 Å². The van der Waals surface area contributed by atoms with Crippen molar-refractivity contribution in [3.8, 4) is 0 Å². The fraction of sp³-hybridized carbons (Fsp3) is 0.688. The van der Waals surface area contributed by atoms with Gasteiger partial charge in [0.1, 0.15) is 12.6 Å². The van der Waals surface area contributed by atoms with Gasteiger partial charge in [0, 0.05) is 12.8 Å². The molecule has 0 aromatic rings. The third-order valence-electron chi connectivity index (χ3n) is 9.56. The van der Waals surface area contributed by atoms with Crippen molar-refractivity contribution in [1.29, 1.82) is 0 Å². The summed E-state index contributed by atoms with van der Waals surface area (Å²) in [5.74, 6) is -2.52. The van der Waals surface area contributed by atoms with Gasteiger partial charge in [-0.15, -0.1) is 0 Å². The van der Waals surface area contributed by atoms with Crippen LogP contribution in [0.25, 0.3) is 0 Å². The van der Waals surface area contributed by atoms with Gasteiger partial charge in [-0.1, -0.05) is 189 Å². The molecule has 2 unspecified atom stereocenters. The van der Waals surface area contributed by atoms with E-state index in [1.807, 2.05) is 54.7 Å². The lowest BCUT2D eigenvalue weighted by atomic mass is 10.0. The SMILES string of the molecule is CC/C=C\C/C=C\CC(O)/C=C/C=C\C/C=C\C/C=C\CCC(=O)OC[C@H](COP(=O)(O)OC[C@H](N)C(=O)O)OC(=O)CCCCCCCCCCCCCCCCCCC. The first-order valence-corrected chi connectivity index (χ1v) is 24.6. The van der Waals surface area contributed by atoms with Crippen LogP contribution in [0.5, 0.6) is 0 Å². The summed E-state index contributed by atoms with van der Waals surface area (Å²) >= 11 is 0. The molecule has 12 nitrogen and oxygen atoms in total. The molecule has 0 fully saturated rings. The lowest BCUT2D eigenvalue weighted by Gasteiger charge is -2.20. The van der Waals surface area contributed by atoms with Crippen LogP contribution in [0.2, 0.25) is 0 Å². The Hall–Kier alpha value is -3.12. The van der Waals surface area contributed by atoms with Crippen LogP contribution in [0.15, 0.2) is 72.9 Å². The van der Waals surface area contributed by atoms with E-state index in [0.29, 0.717) is 25.7 Å². The lowest BCUT2D eigenvalue weighted by molar-refractivity contribution is -0.161. The minimum absolute atomic E-state index is 0.0717. The van der Waals surface area contributed by atoms with Gasteiger partial charge < -0.3 is 30.3 Å². The monoisotopic (exact) mass is 880 g/mol. The van der Waals surface area contributed by atoms with Gasteiger partial charge in [0.25, 0.3) is 0 Å². The van der Waals surface area contributed by atoms with Gasteiger partial charge >= 0.3 is 25.7 Å². The van der Waals surface area contributed by atoms with E-state index in [0.717, 1.165) is 38.5 Å². The number of hydrogen-bond acceptors (Lipinski definition) is 10. The highest BCUT2D eigenvalue weighted by molar-refractivity contribution is 7.47. The van der Waals surface area contributed by atoms with E-state index < -0.39 is 63.8 Å². The number of hydrogen-bond donors (Lipinski definition) is 4. The van der Waals surface area contributed by atoms with E-state index in [4.69, 9.17) is 24.8 Å². The topological polar surface area (TPSA) is 192 Å². The van der Waals surface area contributed by atoms with E-state index in [1.54, 1.807) is 6.08 Å². The van der Waals surface area contributed by atoms with Gasteiger partial charge in [-0.05, 0) is 44.9 Å². The molecule has 0 radical (unpaired) electrons. The molecule has 0 aliphatic heterocycles. The number of carbonyl (C=O) groups excluding carboxylic acids is 2. The van der Waals surface area contributed by atoms with Gasteiger partial charge in [0.2, 0.25) is 0 Å². The van der Waals surface area contributed by atoms with Gasteiger partial charge in [0.15, 0.2) is 6.10 Å². The standard InChI is InChI=1S/C48H82NO11P/c1-3-5-7-9-11-12-13-14-15-16-17-18-19-24-27-31-35-39-47(52)60-44(41-58-61(55,56)59-42-45(49)48(53)54)40-57-46(51)38-34-30-26-23-21-20-22-25-29-33-37-43(50)36-32-28-10-8-6-4-2/h6,8,20-21,25-26,28-30,32-33,37,43-45,50H,3-5,7,9-19,22-24,27,31,34-36,38-42,49H2,1-2H3,(H,53,54)(H,55,56)/b8-6-,21-20-,29-25-,30-26-,32-28-,37-33+/t43?,44-,45+/m1/s1. The van der Waals surface area contributed by atoms with Crippen molar-refractivity contribution >= 4 is 25.7 Å². The number of aliphatic hydroxyl groups is 1. The Morgan fingerprint density at radius 1 is 0.607 bits per heavy atom. The maximum Gasteiger partial charge on any atom is 0.472 e. The summed E-state index contributed by atoms with van der Waals surface area (Å²) in [5.41, 5.74) is 5.33. The van der Waals surface area contributed by atoms with Crippen molar-refractivity contribution in [2.45, 2.75) is 193 Å². The minimum atomic E-state index is -4.75. The third-order valence-corrected chi connectivity index (χ3v) is 10.5. The molecule has 0 aromatic heterocycles. The number of carbonyl (C=O) groups is 3. The molecule has 0 amide bonds. The highest BCUT2D eigenvalue weighted by Crippen LogP contribution is 2.43. The fourth-order valence-corrected chi connectivity index (χ4v) is 6.72. The molecule has 0 aliphatic carbocycles. The Morgan fingerprint density at radius 2 is 1.11 bits per heavy atom. The molecule has 4 atom stereocenters. The third kappa shape index (κ3) is 42.0. The first-order valence-electron chi connectivity index (χ1n) is 23.1. The first kappa shape index (κ1) is 57.9. The van der Waals surface area contributed by atoms with Gasteiger partial charge in [-0.25, -0.2) is 4.57 Å². The summed E-state index contributed by atoms with van der Waals surface area (Å²) in [6, 6.07) is -1.54. The number of phosphoric acid groups is 1. The highest BCUT2D eigenvalue weighted by atomic mass is 31.2. The maximum absolute atomic E-state index is 12.6. The van der Waals surface area contributed by atoms with Gasteiger partial charge in [-0.3, -0.25) is 23.4 Å². The van der Waals surface area contributed by atoms with E-state index in [2.05, 4.69) is 30.5 Å². The molecule has 0 spiro atoms. The number of aliphatic carboxylic acids is 1. The number of unbranched alkanes of at least 4 members (excludes halogenated alkanes) is 16. The Bertz CT molecular complexity index is 1330. The molecule has 0 heterocycles. The molecule has 350 valence electrons. The smallest absolute Gasteiger partial charge is 0.472 e. The number of carboxylic acid groups (broad SMARTS) is 1. The average Bonchev–Trinajstić information content (AvgIpc) is 3.23. The second-order valence-corrected chi connectivity index (χ2v) is 16.8. The molecule has 0 rings (SSSR count). The van der Waals surface area contributed by atoms with Crippen molar-refractivity contribution in [2.75, 3.05) is 19.8 Å². The van der Waals surface area contributed by atoms with Crippen molar-refractivity contribution < 1.29 is 52.6 Å². The lowest BCUT2D eigenvalue weighted by Crippen LogP contribution is -2.34. The van der Waals surface area contributed by atoms with Crippen LogP contribution < -0.4 is 5.73 Å². The molecule has 0 aromatic carbocycles. The quantitative estimate of drug-likeness (QED) is 0.0149. The first-order chi connectivity index (χ1) is 29.5. The predicted molar refractivity (Wildman–Crippen MR) is 246 cm³/mol. The van der Waals surface area contributed by atoms with Crippen molar-refractivity contribution in [1.82, 2.24) is 0 Å². The zero-order valence-electron chi connectivity index (χ0n) is 37.6. The number of phosphoric ester groups is 1. The second-order valence-electron chi connectivity index (χ2n) is 15.4. The molecular weight excluding hydrogens is 797 g/mol. The molecule has 13 heteroatoms. The molecule has 0 saturated carbocycles. The van der Waals surface area contributed by atoms with E-state index in [9.17, 15) is 28.9 Å². The summed E-state index contributed by atoms with van der Waals surface area (Å²) in [6.07, 6.45) is 47.2. The van der Waals surface area contributed by atoms with Gasteiger partial charge in [0.05, 0.1) is 19.3 Å². The van der Waals surface area contributed by atoms with Crippen LogP contribution in [0.1, 0.15) is 174 Å². The number of allylic oxidation sites excluding steroid dienone is 10. The fourth-order valence-electron chi connectivity index (χ4n) is 5.94. The van der Waals surface area contributed by atoms with Crippen molar-refractivity contribution in [3.63, 3.8) is 0 Å². The number of carboxylic acids is 1. The Morgan fingerprint density at radius 3 is 1.69 bits per heavy atom. The summed E-state index contributed by atoms with van der Waals surface area (Å²) in [5, 5.41) is 18.9. The Balaban J connectivity index is 4.49. The summed E-state index contributed by atoms with van der Waals surface area (Å²) in [7, 11) is -4.75. The summed E-state index contributed by atoms with van der Waals surface area (Å²) in [6.45, 7) is 2.55. The Kier molecular flexibility index (Phi) is 40.0. The zero-order chi connectivity index (χ0) is 45.1. The largest absolute Gasteiger partial charge is 0.480 e. The number of nitrogens with two attached hydrogens (primary N) is 1. The number of ether oxygens (including phenoxy) is 2. The molecule has 0 aliphatic rings. The molecule has 0 saturated heterocycles. The van der Waals surface area contributed by atoms with Crippen molar-refractivity contribution in [3.05, 3.63) is 72.9 Å². The summed E-state index contributed by atoms with van der Waals surface area (Å²) < 4.78 is 32.6. The molecule has 5 N–H and O–H groups in total. The molecule has 0 bridgehead atoms. The van der Waals surface area contributed by atoms with Crippen LogP contribution >= 0.6 is 7.82 Å². The van der Waals surface area contributed by atoms with Crippen LogP contribution in [0.3, 0.4) is 0 Å². The van der Waals surface area contributed by atoms with Crippen LogP contribution in [0.4, 0.5) is 0 Å². The number of rotatable bonds is 42. The number of aliphatic hydroxyl groups excluding tert-OH is 1. The Labute approximate surface area is 368 Å². The van der Waals surface area contributed by atoms with E-state index >= 15 is 0 Å². The predicted octanol–water partition coefficient (Wildman–Crippen LogP) is 11.5. The zero-order valence-corrected chi connectivity index (χ0v) is 38.5. The maximum atomic E-state index is 12.6. The van der Waals surface area contributed by atoms with Crippen LogP contribution in [-0.4, -0.2) is 71.1 Å². The molecular formula is C48H82NO11P. The minimum Gasteiger partial charge on any atom is -0.480 e. The van der Waals surface area contributed by atoms with Crippen molar-refractivity contribution in [2.24, 2.45) is 5.73 Å². The molecule has 61 heavy (non-hydrogen) atoms. The second kappa shape index (κ2) is 42.2. The van der Waals surface area contributed by atoms with Crippen LogP contribution in [-0.2, 0) is 37.5 Å². The average molecular weight is 880 g/mol. The van der Waals surface area contributed by atoms with E-state index in [-0.39, 0.29) is 12.8 Å². The van der Waals surface area contributed by atoms with Crippen LogP contribution in [0, 0.1) is 0 Å². The normalized spacial score (nSPS) is 14.8. The van der Waals surface area contributed by atoms with E-state index in [1.165, 1.54) is 83.5 Å².